The molecule has 2 N–H and O–H groups in total. The van der Waals surface area contributed by atoms with Crippen LogP contribution in [0.25, 0.3) is 16.9 Å². The van der Waals surface area contributed by atoms with E-state index in [0.29, 0.717) is 35.7 Å². The van der Waals surface area contributed by atoms with Crippen LogP contribution in [0.3, 0.4) is 0 Å². The lowest BCUT2D eigenvalue weighted by molar-refractivity contribution is 0.0735. The predicted molar refractivity (Wildman–Crippen MR) is 135 cm³/mol. The number of hydrogen-bond acceptors (Lipinski definition) is 6. The van der Waals surface area contributed by atoms with Crippen LogP contribution in [-0.2, 0) is 0 Å². The third-order valence-electron chi connectivity index (χ3n) is 6.00. The summed E-state index contributed by atoms with van der Waals surface area (Å²) < 4.78 is 21.1. The van der Waals surface area contributed by atoms with Crippen molar-refractivity contribution in [1.82, 2.24) is 24.6 Å². The number of benzene rings is 2. The molecule has 10 heteroatoms. The summed E-state index contributed by atoms with van der Waals surface area (Å²) in [5.41, 5.74) is 4.40. The van der Waals surface area contributed by atoms with Gasteiger partial charge in [0.15, 0.2) is 23.0 Å². The first kappa shape index (κ1) is 24.4. The molecule has 182 valence electrons. The van der Waals surface area contributed by atoms with Crippen LogP contribution in [0.1, 0.15) is 15.9 Å². The molecule has 3 heterocycles. The average molecular weight is 497 g/mol. The van der Waals surface area contributed by atoms with Crippen molar-refractivity contribution in [3.05, 3.63) is 71.9 Å². The summed E-state index contributed by atoms with van der Waals surface area (Å²) in [4.78, 5) is 23.7. The van der Waals surface area contributed by atoms with Gasteiger partial charge >= 0.3 is 0 Å². The Balaban J connectivity index is 0.00000289. The molecule has 35 heavy (non-hydrogen) atoms. The summed E-state index contributed by atoms with van der Waals surface area (Å²) in [6.07, 6.45) is 5.13. The highest BCUT2D eigenvalue weighted by Crippen LogP contribution is 2.29. The highest BCUT2D eigenvalue weighted by molar-refractivity contribution is 5.96. The van der Waals surface area contributed by atoms with Gasteiger partial charge in [-0.15, -0.1) is 12.4 Å². The zero-order chi connectivity index (χ0) is 23.7. The van der Waals surface area contributed by atoms with Crippen LogP contribution in [0.15, 0.2) is 55.0 Å². The van der Waals surface area contributed by atoms with Crippen LogP contribution in [0.5, 0.6) is 5.75 Å². The zero-order valence-electron chi connectivity index (χ0n) is 19.4. The third-order valence-corrected chi connectivity index (χ3v) is 6.00. The minimum atomic E-state index is -0.437. The van der Waals surface area contributed by atoms with Crippen LogP contribution >= 0.6 is 12.4 Å². The quantitative estimate of drug-likeness (QED) is 0.433. The number of methoxy groups -OCH3 is 1. The van der Waals surface area contributed by atoms with Crippen molar-refractivity contribution in [3.63, 3.8) is 0 Å². The fraction of sp³-hybridized carbons (Fsp3) is 0.240. The van der Waals surface area contributed by atoms with E-state index in [1.54, 1.807) is 30.7 Å². The van der Waals surface area contributed by atoms with Crippen LogP contribution in [-0.4, -0.2) is 58.5 Å². The Kier molecular flexibility index (Phi) is 7.18. The summed E-state index contributed by atoms with van der Waals surface area (Å²) in [6, 6.07) is 10.5. The number of hydrogen-bond donors (Lipinski definition) is 2. The smallest absolute Gasteiger partial charge is 0.254 e. The molecule has 1 aliphatic heterocycles. The minimum Gasteiger partial charge on any atom is -0.494 e. The lowest BCUT2D eigenvalue weighted by Crippen LogP contribution is -2.46. The van der Waals surface area contributed by atoms with Gasteiger partial charge in [0, 0.05) is 55.4 Å². The first-order chi connectivity index (χ1) is 16.5. The molecule has 0 unspecified atom stereocenters. The Bertz CT molecular complexity index is 1370. The number of aryl methyl sites for hydroxylation is 1. The first-order valence-electron chi connectivity index (χ1n) is 11.1. The van der Waals surface area contributed by atoms with Gasteiger partial charge in [-0.2, -0.15) is 0 Å². The molecule has 1 saturated heterocycles. The monoisotopic (exact) mass is 496 g/mol. The number of rotatable bonds is 5. The van der Waals surface area contributed by atoms with E-state index >= 15 is 0 Å². The van der Waals surface area contributed by atoms with Gasteiger partial charge in [-0.05, 0) is 48.9 Å². The molecule has 1 amide bonds. The van der Waals surface area contributed by atoms with Crippen molar-refractivity contribution in [2.75, 3.05) is 38.6 Å². The van der Waals surface area contributed by atoms with Crippen LogP contribution in [0.2, 0.25) is 0 Å². The van der Waals surface area contributed by atoms with Gasteiger partial charge in [0.1, 0.15) is 0 Å². The molecule has 5 rings (SSSR count). The molecule has 0 bridgehead atoms. The summed E-state index contributed by atoms with van der Waals surface area (Å²) in [7, 11) is 1.44. The maximum Gasteiger partial charge on any atom is 0.254 e. The molecule has 0 saturated carbocycles. The first-order valence-corrected chi connectivity index (χ1v) is 11.1. The normalized spacial score (nSPS) is 13.4. The molecule has 4 aromatic rings. The molecular formula is C25H26ClFN6O2. The van der Waals surface area contributed by atoms with E-state index in [-0.39, 0.29) is 24.1 Å². The summed E-state index contributed by atoms with van der Waals surface area (Å²) >= 11 is 0. The number of fused-ring (bicyclic) bond motifs is 1. The fourth-order valence-corrected chi connectivity index (χ4v) is 4.20. The van der Waals surface area contributed by atoms with Gasteiger partial charge < -0.3 is 20.3 Å². The van der Waals surface area contributed by atoms with E-state index in [0.717, 1.165) is 30.0 Å². The molecule has 1 aliphatic rings. The van der Waals surface area contributed by atoms with Crippen LogP contribution in [0, 0.1) is 12.7 Å². The highest BCUT2D eigenvalue weighted by atomic mass is 35.5. The largest absolute Gasteiger partial charge is 0.494 e. The Labute approximate surface area is 208 Å². The average Bonchev–Trinajstić information content (AvgIpc) is 3.29. The summed E-state index contributed by atoms with van der Waals surface area (Å²) in [5, 5.41) is 6.57. The van der Waals surface area contributed by atoms with Crippen molar-refractivity contribution in [2.24, 2.45) is 0 Å². The maximum absolute atomic E-state index is 14.2. The van der Waals surface area contributed by atoms with E-state index in [2.05, 4.69) is 20.6 Å². The zero-order valence-corrected chi connectivity index (χ0v) is 20.2. The van der Waals surface area contributed by atoms with Gasteiger partial charge in [0.2, 0.25) is 0 Å². The number of piperazine rings is 1. The lowest BCUT2D eigenvalue weighted by atomic mass is 10.1. The minimum absolute atomic E-state index is 0. The topological polar surface area (TPSA) is 83.8 Å². The number of halogens is 2. The standard InChI is InChI=1S/C25H25FN6O2.ClH/c1-16-13-18(4-5-19(16)25(33)31-10-7-27-8-11-31)30-23-24-29-15-21(32(24)12-9-28-23)17-3-6-22(34-2)20(26)14-17;/h3-6,9,12-15,27H,7-8,10-11H2,1-2H3,(H,28,30);1H. The van der Waals surface area contributed by atoms with E-state index in [9.17, 15) is 9.18 Å². The van der Waals surface area contributed by atoms with Crippen molar-refractivity contribution in [2.45, 2.75) is 6.92 Å². The number of amides is 1. The van der Waals surface area contributed by atoms with Crippen LogP contribution < -0.4 is 15.4 Å². The van der Waals surface area contributed by atoms with Crippen molar-refractivity contribution >= 4 is 35.5 Å². The van der Waals surface area contributed by atoms with Crippen LogP contribution in [0.4, 0.5) is 15.9 Å². The van der Waals surface area contributed by atoms with E-state index < -0.39 is 5.82 Å². The second-order valence-electron chi connectivity index (χ2n) is 8.16. The molecule has 0 aliphatic carbocycles. The number of imidazole rings is 1. The molecule has 2 aromatic carbocycles. The van der Waals surface area contributed by atoms with Gasteiger partial charge in [-0.3, -0.25) is 9.20 Å². The maximum atomic E-state index is 14.2. The molecule has 2 aromatic heterocycles. The van der Waals surface area contributed by atoms with Gasteiger partial charge in [-0.25, -0.2) is 14.4 Å². The molecule has 1 fully saturated rings. The van der Waals surface area contributed by atoms with Gasteiger partial charge in [0.05, 0.1) is 19.0 Å². The number of carbonyl (C=O) groups is 1. The Hall–Kier alpha value is -3.69. The fourth-order valence-electron chi connectivity index (χ4n) is 4.20. The Morgan fingerprint density at radius 3 is 2.66 bits per heavy atom. The summed E-state index contributed by atoms with van der Waals surface area (Å²) in [5.74, 6) is 0.364. The van der Waals surface area contributed by atoms with E-state index in [1.807, 2.05) is 34.4 Å². The molecule has 0 spiro atoms. The van der Waals surface area contributed by atoms with Gasteiger partial charge in [0.25, 0.3) is 5.91 Å². The number of anilines is 2. The van der Waals surface area contributed by atoms with E-state index in [1.165, 1.54) is 13.2 Å². The predicted octanol–water partition coefficient (Wildman–Crippen LogP) is 4.06. The Morgan fingerprint density at radius 2 is 1.94 bits per heavy atom. The number of aromatic nitrogens is 3. The van der Waals surface area contributed by atoms with Crippen molar-refractivity contribution in [3.8, 4) is 17.0 Å². The third kappa shape index (κ3) is 4.78. The second kappa shape index (κ2) is 10.3. The number of nitrogens with zero attached hydrogens (tertiary/aromatic N) is 4. The van der Waals surface area contributed by atoms with Crippen molar-refractivity contribution in [1.29, 1.82) is 0 Å². The number of ether oxygens (including phenoxy) is 1. The SMILES string of the molecule is COc1ccc(-c2cnc3c(Nc4ccc(C(=O)N5CCNCC5)c(C)c4)nccn23)cc1F.Cl. The molecule has 8 nitrogen and oxygen atoms in total. The summed E-state index contributed by atoms with van der Waals surface area (Å²) in [6.45, 7) is 4.99. The Morgan fingerprint density at radius 1 is 1.14 bits per heavy atom. The van der Waals surface area contributed by atoms with E-state index in [4.69, 9.17) is 4.74 Å². The highest BCUT2D eigenvalue weighted by Gasteiger charge is 2.20. The number of carbonyl (C=O) groups excluding carboxylic acids is 1. The van der Waals surface area contributed by atoms with Gasteiger partial charge in [-0.1, -0.05) is 0 Å². The number of nitrogens with one attached hydrogen (secondary N) is 2. The van der Waals surface area contributed by atoms with Crippen molar-refractivity contribution < 1.29 is 13.9 Å². The lowest BCUT2D eigenvalue weighted by Gasteiger charge is -2.28. The molecule has 0 atom stereocenters. The second-order valence-corrected chi connectivity index (χ2v) is 8.16. The molecule has 0 radical (unpaired) electrons. The molecular weight excluding hydrogens is 471 g/mol.